The van der Waals surface area contributed by atoms with Crippen LogP contribution in [0.5, 0.6) is 5.88 Å². The fourth-order valence-electron chi connectivity index (χ4n) is 2.07. The van der Waals surface area contributed by atoms with E-state index in [0.717, 1.165) is 5.76 Å². The summed E-state index contributed by atoms with van der Waals surface area (Å²) in [5.74, 6) is 0.837. The molecule has 0 saturated heterocycles. The number of furan rings is 1. The molecule has 2 heterocycles. The van der Waals surface area contributed by atoms with Crippen molar-refractivity contribution in [1.82, 2.24) is 10.4 Å². The summed E-state index contributed by atoms with van der Waals surface area (Å²) in [5.41, 5.74) is 3.77. The van der Waals surface area contributed by atoms with Crippen LogP contribution in [0.15, 0.2) is 26.1 Å². The maximum Gasteiger partial charge on any atom is 0.278 e. The number of rotatable bonds is 7. The van der Waals surface area contributed by atoms with Gasteiger partial charge in [0.15, 0.2) is 6.61 Å². The van der Waals surface area contributed by atoms with Gasteiger partial charge in [-0.15, -0.1) is 0 Å². The maximum atomic E-state index is 11.8. The molecule has 0 bridgehead atoms. The van der Waals surface area contributed by atoms with E-state index >= 15 is 0 Å². The molecular formula is C17H17BrN4O4. The zero-order chi connectivity index (χ0) is 19.1. The first kappa shape index (κ1) is 19.6. The van der Waals surface area contributed by atoms with Gasteiger partial charge >= 0.3 is 0 Å². The monoisotopic (exact) mass is 420 g/mol. The zero-order valence-corrected chi connectivity index (χ0v) is 16.1. The molecule has 0 aliphatic rings. The number of halogens is 1. The molecular weight excluding hydrogens is 404 g/mol. The first-order chi connectivity index (χ1) is 12.5. The Morgan fingerprint density at radius 2 is 2.27 bits per heavy atom. The predicted molar refractivity (Wildman–Crippen MR) is 96.8 cm³/mol. The van der Waals surface area contributed by atoms with Gasteiger partial charge in [0, 0.05) is 17.1 Å². The van der Waals surface area contributed by atoms with Crippen LogP contribution in [-0.4, -0.2) is 30.8 Å². The van der Waals surface area contributed by atoms with Gasteiger partial charge in [0.25, 0.3) is 5.91 Å². The van der Waals surface area contributed by atoms with Crippen LogP contribution in [0, 0.1) is 25.2 Å². The Morgan fingerprint density at radius 1 is 1.50 bits per heavy atom. The van der Waals surface area contributed by atoms with Gasteiger partial charge in [0.05, 0.1) is 18.5 Å². The van der Waals surface area contributed by atoms with Crippen molar-refractivity contribution in [2.45, 2.75) is 20.5 Å². The van der Waals surface area contributed by atoms with Crippen LogP contribution >= 0.6 is 15.9 Å². The number of hydrogen-bond donors (Lipinski definition) is 1. The highest BCUT2D eigenvalue weighted by atomic mass is 79.9. The Balaban J connectivity index is 2.03. The number of ether oxygens (including phenoxy) is 2. The van der Waals surface area contributed by atoms with E-state index in [1.807, 2.05) is 13.0 Å². The minimum atomic E-state index is -0.496. The molecule has 0 aromatic carbocycles. The van der Waals surface area contributed by atoms with Crippen LogP contribution in [0.4, 0.5) is 0 Å². The Hall–Kier alpha value is -2.70. The standard InChI is InChI=1S/C17H17BrN4O4/c1-10-4-5-12(26-10)7-20-22-15(23)9-25-17-13(6-19)14(8-24-3)16(18)11(2)21-17/h4-5,7H,8-9H2,1-3H3,(H,22,23)/b20-7-. The molecule has 2 aromatic rings. The molecule has 0 saturated carbocycles. The first-order valence-corrected chi connectivity index (χ1v) is 8.34. The van der Waals surface area contributed by atoms with Gasteiger partial charge in [-0.05, 0) is 41.9 Å². The van der Waals surface area contributed by atoms with E-state index < -0.39 is 5.91 Å². The number of nitrogens with one attached hydrogen (secondary N) is 1. The maximum absolute atomic E-state index is 11.8. The van der Waals surface area contributed by atoms with Crippen molar-refractivity contribution in [2.24, 2.45) is 5.10 Å². The highest BCUT2D eigenvalue weighted by molar-refractivity contribution is 9.10. The number of carbonyl (C=O) groups excluding carboxylic acids is 1. The van der Waals surface area contributed by atoms with E-state index in [9.17, 15) is 10.1 Å². The molecule has 0 aliphatic heterocycles. The minimum absolute atomic E-state index is 0.0704. The number of aromatic nitrogens is 1. The van der Waals surface area contributed by atoms with Crippen molar-refractivity contribution in [3.8, 4) is 11.9 Å². The van der Waals surface area contributed by atoms with Gasteiger partial charge in [-0.1, -0.05) is 0 Å². The lowest BCUT2D eigenvalue weighted by molar-refractivity contribution is -0.123. The SMILES string of the molecule is COCc1c(Br)c(C)nc(OCC(=O)N/N=C\c2ccc(C)o2)c1C#N. The fraction of sp³-hybridized carbons (Fsp3) is 0.294. The van der Waals surface area contributed by atoms with Gasteiger partial charge in [-0.2, -0.15) is 10.4 Å². The average molecular weight is 421 g/mol. The lowest BCUT2D eigenvalue weighted by Gasteiger charge is -2.13. The number of amides is 1. The molecule has 0 atom stereocenters. The van der Waals surface area contributed by atoms with Gasteiger partial charge in [0.2, 0.25) is 5.88 Å². The van der Waals surface area contributed by atoms with Gasteiger partial charge in [0.1, 0.15) is 23.2 Å². The van der Waals surface area contributed by atoms with E-state index in [0.29, 0.717) is 21.5 Å². The molecule has 26 heavy (non-hydrogen) atoms. The van der Waals surface area contributed by atoms with Crippen molar-refractivity contribution < 1.29 is 18.7 Å². The number of nitrogens with zero attached hydrogens (tertiary/aromatic N) is 3. The molecule has 0 aliphatic carbocycles. The number of carbonyl (C=O) groups is 1. The summed E-state index contributed by atoms with van der Waals surface area (Å²) in [5, 5.41) is 13.2. The third kappa shape index (κ3) is 4.91. The smallest absolute Gasteiger partial charge is 0.278 e. The summed E-state index contributed by atoms with van der Waals surface area (Å²) in [4.78, 5) is 16.1. The molecule has 2 rings (SSSR count). The topological polar surface area (TPSA) is 110 Å². The van der Waals surface area contributed by atoms with E-state index in [1.54, 1.807) is 19.1 Å². The second-order valence-electron chi connectivity index (χ2n) is 5.24. The summed E-state index contributed by atoms with van der Waals surface area (Å²) in [6.45, 7) is 3.43. The predicted octanol–water partition coefficient (Wildman–Crippen LogP) is 2.60. The lowest BCUT2D eigenvalue weighted by atomic mass is 10.1. The van der Waals surface area contributed by atoms with Crippen molar-refractivity contribution in [3.05, 3.63) is 44.9 Å². The van der Waals surface area contributed by atoms with Gasteiger partial charge in [-0.25, -0.2) is 10.4 Å². The van der Waals surface area contributed by atoms with E-state index in [-0.39, 0.29) is 24.7 Å². The molecule has 136 valence electrons. The number of nitriles is 1. The quantitative estimate of drug-likeness (QED) is 0.544. The lowest BCUT2D eigenvalue weighted by Crippen LogP contribution is -2.25. The van der Waals surface area contributed by atoms with Crippen LogP contribution < -0.4 is 10.2 Å². The third-order valence-corrected chi connectivity index (χ3v) is 4.30. The number of aryl methyl sites for hydroxylation is 2. The molecule has 9 heteroatoms. The van der Waals surface area contributed by atoms with Gasteiger partial charge in [-0.3, -0.25) is 4.79 Å². The van der Waals surface area contributed by atoms with E-state index in [2.05, 4.69) is 31.4 Å². The largest absolute Gasteiger partial charge is 0.467 e. The molecule has 1 amide bonds. The Labute approximate surface area is 158 Å². The average Bonchev–Trinajstić information content (AvgIpc) is 3.02. The molecule has 8 nitrogen and oxygen atoms in total. The molecule has 2 aromatic heterocycles. The van der Waals surface area contributed by atoms with Crippen molar-refractivity contribution in [1.29, 1.82) is 5.26 Å². The second-order valence-corrected chi connectivity index (χ2v) is 6.04. The molecule has 0 spiro atoms. The van der Waals surface area contributed by atoms with Crippen molar-refractivity contribution in [3.63, 3.8) is 0 Å². The summed E-state index contributed by atoms with van der Waals surface area (Å²) < 4.78 is 16.5. The molecule has 0 fully saturated rings. The van der Waals surface area contributed by atoms with Crippen LogP contribution in [0.3, 0.4) is 0 Å². The van der Waals surface area contributed by atoms with Crippen LogP contribution in [-0.2, 0) is 16.1 Å². The number of hydrazone groups is 1. The van der Waals surface area contributed by atoms with Crippen LogP contribution in [0.1, 0.15) is 28.3 Å². The van der Waals surface area contributed by atoms with Crippen molar-refractivity contribution in [2.75, 3.05) is 13.7 Å². The van der Waals surface area contributed by atoms with E-state index in [1.165, 1.54) is 13.3 Å². The summed E-state index contributed by atoms with van der Waals surface area (Å²) in [6.07, 6.45) is 1.38. The third-order valence-electron chi connectivity index (χ3n) is 3.25. The minimum Gasteiger partial charge on any atom is -0.467 e. The number of hydrogen-bond acceptors (Lipinski definition) is 7. The molecule has 1 N–H and O–H groups in total. The highest BCUT2D eigenvalue weighted by Crippen LogP contribution is 2.29. The highest BCUT2D eigenvalue weighted by Gasteiger charge is 2.18. The summed E-state index contributed by atoms with van der Waals surface area (Å²) >= 11 is 3.39. The Morgan fingerprint density at radius 3 is 2.88 bits per heavy atom. The van der Waals surface area contributed by atoms with Crippen LogP contribution in [0.25, 0.3) is 0 Å². The number of pyridine rings is 1. The van der Waals surface area contributed by atoms with E-state index in [4.69, 9.17) is 13.9 Å². The zero-order valence-electron chi connectivity index (χ0n) is 14.5. The van der Waals surface area contributed by atoms with Gasteiger partial charge < -0.3 is 13.9 Å². The first-order valence-electron chi connectivity index (χ1n) is 7.55. The Kier molecular flexibility index (Phi) is 6.89. The normalized spacial score (nSPS) is 10.7. The van der Waals surface area contributed by atoms with Crippen molar-refractivity contribution >= 4 is 28.1 Å². The Bertz CT molecular complexity index is 870. The summed E-state index contributed by atoms with van der Waals surface area (Å²) in [6, 6.07) is 5.55. The molecule has 0 unspecified atom stereocenters. The number of methoxy groups -OCH3 is 1. The molecule has 0 radical (unpaired) electrons. The fourth-order valence-corrected chi connectivity index (χ4v) is 2.47. The second kappa shape index (κ2) is 9.12. The van der Waals surface area contributed by atoms with Crippen LogP contribution in [0.2, 0.25) is 0 Å². The summed E-state index contributed by atoms with van der Waals surface area (Å²) in [7, 11) is 1.52.